The van der Waals surface area contributed by atoms with Crippen LogP contribution in [0.15, 0.2) is 54.6 Å². The van der Waals surface area contributed by atoms with Gasteiger partial charge in [0.1, 0.15) is 12.4 Å². The van der Waals surface area contributed by atoms with Crippen LogP contribution in [0.4, 0.5) is 0 Å². The summed E-state index contributed by atoms with van der Waals surface area (Å²) in [5.74, 6) is 0.963. The maximum absolute atomic E-state index is 12.7. The number of carbonyl (C=O) groups is 2. The van der Waals surface area contributed by atoms with Crippen molar-refractivity contribution in [1.82, 2.24) is 10.2 Å². The van der Waals surface area contributed by atoms with Crippen LogP contribution in [0.3, 0.4) is 0 Å². The van der Waals surface area contributed by atoms with Gasteiger partial charge in [-0.1, -0.05) is 50.2 Å². The predicted octanol–water partition coefficient (Wildman–Crippen LogP) is 4.42. The lowest BCUT2D eigenvalue weighted by Gasteiger charge is -2.34. The van der Waals surface area contributed by atoms with Gasteiger partial charge in [-0.25, -0.2) is 0 Å². The van der Waals surface area contributed by atoms with Gasteiger partial charge in [0.25, 0.3) is 5.91 Å². The standard InChI is InChI=1S/C25H32N2O3/c1-3-20(4-2)25(29)27-15-13-22(14-16-27)26-24(28)21-11-8-12-23(17-21)30-18-19-9-6-5-7-10-19/h5-12,17,20,22H,3-4,13-16,18H2,1-2H3,(H,26,28). The van der Waals surface area contributed by atoms with Crippen LogP contribution in [0.5, 0.6) is 5.75 Å². The number of ether oxygens (including phenoxy) is 1. The van der Waals surface area contributed by atoms with Crippen molar-refractivity contribution in [2.45, 2.75) is 52.2 Å². The van der Waals surface area contributed by atoms with Crippen molar-refractivity contribution in [2.24, 2.45) is 5.92 Å². The van der Waals surface area contributed by atoms with Gasteiger partial charge < -0.3 is 15.0 Å². The highest BCUT2D eigenvalue weighted by Crippen LogP contribution is 2.19. The highest BCUT2D eigenvalue weighted by Gasteiger charge is 2.27. The molecule has 2 amide bonds. The number of piperidine rings is 1. The van der Waals surface area contributed by atoms with E-state index in [-0.39, 0.29) is 23.8 Å². The molecule has 0 aromatic heterocycles. The second-order valence-corrected chi connectivity index (χ2v) is 7.89. The average Bonchev–Trinajstić information content (AvgIpc) is 2.80. The van der Waals surface area contributed by atoms with E-state index in [9.17, 15) is 9.59 Å². The number of hydrogen-bond donors (Lipinski definition) is 1. The summed E-state index contributed by atoms with van der Waals surface area (Å²) >= 11 is 0. The predicted molar refractivity (Wildman–Crippen MR) is 118 cm³/mol. The molecule has 1 N–H and O–H groups in total. The Balaban J connectivity index is 1.50. The van der Waals surface area contributed by atoms with Crippen LogP contribution < -0.4 is 10.1 Å². The Morgan fingerprint density at radius 2 is 1.73 bits per heavy atom. The van der Waals surface area contributed by atoms with Gasteiger partial charge in [0.2, 0.25) is 5.91 Å². The van der Waals surface area contributed by atoms with Crippen molar-refractivity contribution in [3.05, 3.63) is 65.7 Å². The van der Waals surface area contributed by atoms with Crippen molar-refractivity contribution >= 4 is 11.8 Å². The quantitative estimate of drug-likeness (QED) is 0.703. The normalized spacial score (nSPS) is 14.6. The first-order valence-corrected chi connectivity index (χ1v) is 11.0. The summed E-state index contributed by atoms with van der Waals surface area (Å²) in [6.07, 6.45) is 3.35. The van der Waals surface area contributed by atoms with E-state index in [1.807, 2.05) is 47.4 Å². The maximum atomic E-state index is 12.7. The number of rotatable bonds is 8. The minimum absolute atomic E-state index is 0.0927. The lowest BCUT2D eigenvalue weighted by Crippen LogP contribution is -2.48. The second-order valence-electron chi connectivity index (χ2n) is 7.89. The van der Waals surface area contributed by atoms with E-state index in [1.165, 1.54) is 0 Å². The summed E-state index contributed by atoms with van der Waals surface area (Å²) < 4.78 is 5.83. The average molecular weight is 409 g/mol. The van der Waals surface area contributed by atoms with E-state index < -0.39 is 0 Å². The topological polar surface area (TPSA) is 58.6 Å². The van der Waals surface area contributed by atoms with Crippen LogP contribution >= 0.6 is 0 Å². The molecule has 160 valence electrons. The van der Waals surface area contributed by atoms with Crippen LogP contribution in [0.1, 0.15) is 55.5 Å². The zero-order valence-electron chi connectivity index (χ0n) is 18.0. The number of benzene rings is 2. The fourth-order valence-electron chi connectivity index (χ4n) is 3.88. The molecule has 1 aliphatic rings. The summed E-state index contributed by atoms with van der Waals surface area (Å²) in [7, 11) is 0. The molecule has 0 saturated carbocycles. The van der Waals surface area contributed by atoms with Crippen molar-refractivity contribution in [2.75, 3.05) is 13.1 Å². The first kappa shape index (κ1) is 21.9. The molecule has 1 saturated heterocycles. The molecule has 1 heterocycles. The van der Waals surface area contributed by atoms with Gasteiger partial charge >= 0.3 is 0 Å². The molecule has 0 bridgehead atoms. The maximum Gasteiger partial charge on any atom is 0.251 e. The molecule has 5 nitrogen and oxygen atoms in total. The van der Waals surface area contributed by atoms with Crippen molar-refractivity contribution < 1.29 is 14.3 Å². The van der Waals surface area contributed by atoms with Crippen LogP contribution in [-0.2, 0) is 11.4 Å². The van der Waals surface area contributed by atoms with Gasteiger partial charge in [-0.05, 0) is 49.4 Å². The zero-order valence-corrected chi connectivity index (χ0v) is 18.0. The second kappa shape index (κ2) is 10.8. The number of nitrogens with zero attached hydrogens (tertiary/aromatic N) is 1. The number of carbonyl (C=O) groups excluding carboxylic acids is 2. The van der Waals surface area contributed by atoms with E-state index in [1.54, 1.807) is 12.1 Å². The highest BCUT2D eigenvalue weighted by atomic mass is 16.5. The van der Waals surface area contributed by atoms with E-state index in [0.717, 1.165) is 31.2 Å². The zero-order chi connectivity index (χ0) is 21.3. The molecular weight excluding hydrogens is 376 g/mol. The smallest absolute Gasteiger partial charge is 0.251 e. The Hall–Kier alpha value is -2.82. The number of amides is 2. The number of nitrogens with one attached hydrogen (secondary N) is 1. The first-order valence-electron chi connectivity index (χ1n) is 11.0. The van der Waals surface area contributed by atoms with Crippen molar-refractivity contribution in [3.63, 3.8) is 0 Å². The van der Waals surface area contributed by atoms with Crippen molar-refractivity contribution in [3.8, 4) is 5.75 Å². The summed E-state index contributed by atoms with van der Waals surface area (Å²) in [6, 6.07) is 17.3. The molecule has 3 rings (SSSR count). The van der Waals surface area contributed by atoms with Gasteiger partial charge in [-0.2, -0.15) is 0 Å². The lowest BCUT2D eigenvalue weighted by atomic mass is 9.98. The molecule has 0 radical (unpaired) electrons. The summed E-state index contributed by atoms with van der Waals surface area (Å²) in [5.41, 5.74) is 1.68. The van der Waals surface area contributed by atoms with Gasteiger partial charge in [-0.15, -0.1) is 0 Å². The molecule has 30 heavy (non-hydrogen) atoms. The fourth-order valence-corrected chi connectivity index (χ4v) is 3.88. The Morgan fingerprint density at radius 1 is 1.03 bits per heavy atom. The third kappa shape index (κ3) is 5.85. The van der Waals surface area contributed by atoms with Crippen LogP contribution in [-0.4, -0.2) is 35.8 Å². The SMILES string of the molecule is CCC(CC)C(=O)N1CCC(NC(=O)c2cccc(OCc3ccccc3)c2)CC1. The minimum atomic E-state index is -0.0927. The Kier molecular flexibility index (Phi) is 7.89. The number of likely N-dealkylation sites (tertiary alicyclic amines) is 1. The lowest BCUT2D eigenvalue weighted by molar-refractivity contribution is -0.136. The Labute approximate surface area is 179 Å². The van der Waals surface area contributed by atoms with E-state index in [0.29, 0.717) is 31.0 Å². The summed E-state index contributed by atoms with van der Waals surface area (Å²) in [4.78, 5) is 27.2. The van der Waals surface area contributed by atoms with Gasteiger partial charge in [-0.3, -0.25) is 9.59 Å². The largest absolute Gasteiger partial charge is 0.489 e. The molecule has 0 aliphatic carbocycles. The summed E-state index contributed by atoms with van der Waals surface area (Å²) in [6.45, 7) is 6.02. The Morgan fingerprint density at radius 3 is 2.40 bits per heavy atom. The molecule has 2 aromatic carbocycles. The van der Waals surface area contributed by atoms with Crippen molar-refractivity contribution in [1.29, 1.82) is 0 Å². The molecule has 0 atom stereocenters. The van der Waals surface area contributed by atoms with E-state index in [2.05, 4.69) is 19.2 Å². The van der Waals surface area contributed by atoms with Crippen LogP contribution in [0.25, 0.3) is 0 Å². The molecule has 0 spiro atoms. The molecule has 1 aliphatic heterocycles. The molecule has 1 fully saturated rings. The number of hydrogen-bond acceptors (Lipinski definition) is 3. The Bertz CT molecular complexity index is 825. The molecular formula is C25H32N2O3. The van der Waals surface area contributed by atoms with Crippen LogP contribution in [0, 0.1) is 5.92 Å². The molecule has 5 heteroatoms. The van der Waals surface area contributed by atoms with Crippen LogP contribution in [0.2, 0.25) is 0 Å². The first-order chi connectivity index (χ1) is 14.6. The van der Waals surface area contributed by atoms with Gasteiger partial charge in [0.15, 0.2) is 0 Å². The third-order valence-corrected chi connectivity index (χ3v) is 5.82. The van der Waals surface area contributed by atoms with E-state index in [4.69, 9.17) is 4.74 Å². The van der Waals surface area contributed by atoms with E-state index >= 15 is 0 Å². The minimum Gasteiger partial charge on any atom is -0.489 e. The molecule has 2 aromatic rings. The molecule has 0 unspecified atom stereocenters. The highest BCUT2D eigenvalue weighted by molar-refractivity contribution is 5.94. The fraction of sp³-hybridized carbons (Fsp3) is 0.440. The van der Waals surface area contributed by atoms with Gasteiger partial charge in [0.05, 0.1) is 0 Å². The van der Waals surface area contributed by atoms with Gasteiger partial charge in [0, 0.05) is 30.6 Å². The monoisotopic (exact) mass is 408 g/mol. The summed E-state index contributed by atoms with van der Waals surface area (Å²) in [5, 5.41) is 3.12. The third-order valence-electron chi connectivity index (χ3n) is 5.82.